The van der Waals surface area contributed by atoms with Gasteiger partial charge in [0.2, 0.25) is 0 Å². The Balaban J connectivity index is 1.73. The monoisotopic (exact) mass is 284 g/mol. The molecule has 1 unspecified atom stereocenters. The van der Waals surface area contributed by atoms with Crippen molar-refractivity contribution in [3.05, 3.63) is 0 Å². The minimum absolute atomic E-state index is 0.322. The van der Waals surface area contributed by atoms with Crippen LogP contribution in [0.4, 0.5) is 4.79 Å². The van der Waals surface area contributed by atoms with Gasteiger partial charge in [0, 0.05) is 31.8 Å². The predicted molar refractivity (Wildman–Crippen MR) is 77.7 cm³/mol. The lowest BCUT2D eigenvalue weighted by Crippen LogP contribution is -2.49. The van der Waals surface area contributed by atoms with Crippen molar-refractivity contribution in [2.45, 2.75) is 64.1 Å². The largest absolute Gasteiger partial charge is 0.444 e. The van der Waals surface area contributed by atoms with Gasteiger partial charge in [0.1, 0.15) is 5.60 Å². The first-order valence-electron chi connectivity index (χ1n) is 7.75. The van der Waals surface area contributed by atoms with Crippen LogP contribution in [0.25, 0.3) is 0 Å². The van der Waals surface area contributed by atoms with Gasteiger partial charge in [0.15, 0.2) is 0 Å². The highest BCUT2D eigenvalue weighted by molar-refractivity contribution is 5.67. The van der Waals surface area contributed by atoms with E-state index in [2.05, 4.69) is 10.6 Å². The summed E-state index contributed by atoms with van der Waals surface area (Å²) in [7, 11) is 0. The van der Waals surface area contributed by atoms with Gasteiger partial charge in [0.05, 0.1) is 0 Å². The van der Waals surface area contributed by atoms with Crippen LogP contribution in [0.5, 0.6) is 0 Å². The lowest BCUT2D eigenvalue weighted by atomic mass is 10.1. The van der Waals surface area contributed by atoms with E-state index in [9.17, 15) is 4.79 Å². The van der Waals surface area contributed by atoms with Gasteiger partial charge in [-0.25, -0.2) is 4.79 Å². The van der Waals surface area contributed by atoms with E-state index in [1.807, 2.05) is 20.8 Å². The van der Waals surface area contributed by atoms with Gasteiger partial charge < -0.3 is 20.1 Å². The number of ether oxygens (including phenoxy) is 2. The lowest BCUT2D eigenvalue weighted by molar-refractivity contribution is 0.0510. The molecule has 1 atom stereocenters. The van der Waals surface area contributed by atoms with Crippen molar-refractivity contribution in [2.75, 3.05) is 19.8 Å². The molecule has 0 radical (unpaired) electrons. The highest BCUT2D eigenvalue weighted by atomic mass is 16.6. The molecule has 116 valence electrons. The molecule has 0 aromatic carbocycles. The number of nitrogens with one attached hydrogen (secondary N) is 2. The second-order valence-corrected chi connectivity index (χ2v) is 6.88. The molecule has 0 spiro atoms. The Morgan fingerprint density at radius 3 is 2.45 bits per heavy atom. The van der Waals surface area contributed by atoms with Crippen LogP contribution in [0.2, 0.25) is 0 Å². The molecule has 0 aromatic rings. The quantitative estimate of drug-likeness (QED) is 0.811. The number of amides is 1. The summed E-state index contributed by atoms with van der Waals surface area (Å²) in [6.45, 7) is 7.97. The van der Waals surface area contributed by atoms with Crippen LogP contribution >= 0.6 is 0 Å². The minimum atomic E-state index is -0.437. The molecule has 1 aliphatic heterocycles. The average Bonchev–Trinajstić information content (AvgIpc) is 3.18. The van der Waals surface area contributed by atoms with Gasteiger partial charge in [-0.05, 0) is 52.4 Å². The smallest absolute Gasteiger partial charge is 0.407 e. The Morgan fingerprint density at radius 2 is 1.90 bits per heavy atom. The molecular formula is C15H28N2O3. The first-order valence-corrected chi connectivity index (χ1v) is 7.75. The Labute approximate surface area is 121 Å². The minimum Gasteiger partial charge on any atom is -0.444 e. The summed E-state index contributed by atoms with van der Waals surface area (Å²) in [5.41, 5.74) is -0.437. The van der Waals surface area contributed by atoms with Gasteiger partial charge in [0.25, 0.3) is 0 Å². The normalized spacial score (nSPS) is 22.4. The second-order valence-electron chi connectivity index (χ2n) is 6.88. The Kier molecular flexibility index (Phi) is 5.27. The van der Waals surface area contributed by atoms with E-state index >= 15 is 0 Å². The fraction of sp³-hybridized carbons (Fsp3) is 0.933. The van der Waals surface area contributed by atoms with Crippen molar-refractivity contribution in [3.8, 4) is 0 Å². The van der Waals surface area contributed by atoms with Crippen molar-refractivity contribution in [1.29, 1.82) is 0 Å². The number of carbonyl (C=O) groups is 1. The van der Waals surface area contributed by atoms with Crippen molar-refractivity contribution < 1.29 is 14.3 Å². The molecule has 1 amide bonds. The zero-order chi connectivity index (χ0) is 14.6. The molecular weight excluding hydrogens is 256 g/mol. The molecule has 1 saturated carbocycles. The van der Waals surface area contributed by atoms with Gasteiger partial charge in [-0.15, -0.1) is 0 Å². The third-order valence-electron chi connectivity index (χ3n) is 3.73. The molecule has 0 bridgehead atoms. The van der Waals surface area contributed by atoms with Gasteiger partial charge in [-0.3, -0.25) is 0 Å². The van der Waals surface area contributed by atoms with E-state index in [1.54, 1.807) is 0 Å². The number of hydrogen-bond donors (Lipinski definition) is 2. The summed E-state index contributed by atoms with van der Waals surface area (Å²) < 4.78 is 10.7. The van der Waals surface area contributed by atoms with Crippen LogP contribution in [0.15, 0.2) is 0 Å². The van der Waals surface area contributed by atoms with E-state index < -0.39 is 5.60 Å². The lowest BCUT2D eigenvalue weighted by Gasteiger charge is -2.29. The maximum Gasteiger partial charge on any atom is 0.407 e. The SMILES string of the molecule is CC(C)(C)OC(=O)NCC(NC1CCOCC1)C1CC1. The molecule has 1 aliphatic carbocycles. The first-order chi connectivity index (χ1) is 9.44. The number of hydrogen-bond acceptors (Lipinski definition) is 4. The maximum absolute atomic E-state index is 11.7. The third kappa shape index (κ3) is 5.67. The molecule has 1 heterocycles. The van der Waals surface area contributed by atoms with E-state index in [4.69, 9.17) is 9.47 Å². The summed E-state index contributed by atoms with van der Waals surface area (Å²) >= 11 is 0. The average molecular weight is 284 g/mol. The number of rotatable bonds is 5. The molecule has 20 heavy (non-hydrogen) atoms. The summed E-state index contributed by atoms with van der Waals surface area (Å²) in [6, 6.07) is 0.889. The summed E-state index contributed by atoms with van der Waals surface area (Å²) in [4.78, 5) is 11.7. The second kappa shape index (κ2) is 6.76. The van der Waals surface area contributed by atoms with Crippen LogP contribution in [0.1, 0.15) is 46.5 Å². The van der Waals surface area contributed by atoms with Gasteiger partial charge in [-0.1, -0.05) is 0 Å². The Bertz CT molecular complexity index is 318. The topological polar surface area (TPSA) is 59.6 Å². The number of carbonyl (C=O) groups excluding carboxylic acids is 1. The Morgan fingerprint density at radius 1 is 1.25 bits per heavy atom. The van der Waals surface area contributed by atoms with Gasteiger partial charge >= 0.3 is 6.09 Å². The summed E-state index contributed by atoms with van der Waals surface area (Å²) in [6.07, 6.45) is 4.33. The van der Waals surface area contributed by atoms with Crippen LogP contribution in [0, 0.1) is 5.92 Å². The van der Waals surface area contributed by atoms with Crippen molar-refractivity contribution in [3.63, 3.8) is 0 Å². The van der Waals surface area contributed by atoms with Crippen LogP contribution < -0.4 is 10.6 Å². The molecule has 5 nitrogen and oxygen atoms in total. The van der Waals surface area contributed by atoms with E-state index in [-0.39, 0.29) is 6.09 Å². The van der Waals surface area contributed by atoms with E-state index in [1.165, 1.54) is 12.8 Å². The van der Waals surface area contributed by atoms with Crippen molar-refractivity contribution in [2.24, 2.45) is 5.92 Å². The number of alkyl carbamates (subject to hydrolysis) is 1. The van der Waals surface area contributed by atoms with Crippen LogP contribution in [0.3, 0.4) is 0 Å². The van der Waals surface area contributed by atoms with Crippen LogP contribution in [-0.2, 0) is 9.47 Å². The van der Waals surface area contributed by atoms with Crippen LogP contribution in [-0.4, -0.2) is 43.5 Å². The molecule has 2 fully saturated rings. The highest BCUT2D eigenvalue weighted by Gasteiger charge is 2.33. The van der Waals surface area contributed by atoms with E-state index in [0.29, 0.717) is 24.5 Å². The molecule has 0 aromatic heterocycles. The molecule has 2 N–H and O–H groups in total. The zero-order valence-electron chi connectivity index (χ0n) is 12.9. The highest BCUT2D eigenvalue weighted by Crippen LogP contribution is 2.33. The van der Waals surface area contributed by atoms with Crippen molar-refractivity contribution in [1.82, 2.24) is 10.6 Å². The summed E-state index contributed by atoms with van der Waals surface area (Å²) in [5.74, 6) is 0.702. The standard InChI is InChI=1S/C15H28N2O3/c1-15(2,3)20-14(18)16-10-13(11-4-5-11)17-12-6-8-19-9-7-12/h11-13,17H,4-10H2,1-3H3,(H,16,18). The van der Waals surface area contributed by atoms with E-state index in [0.717, 1.165) is 26.1 Å². The zero-order valence-corrected chi connectivity index (χ0v) is 12.9. The molecule has 2 rings (SSSR count). The van der Waals surface area contributed by atoms with Gasteiger partial charge in [-0.2, -0.15) is 0 Å². The maximum atomic E-state index is 11.7. The fourth-order valence-electron chi connectivity index (χ4n) is 2.53. The molecule has 5 heteroatoms. The van der Waals surface area contributed by atoms with Crippen molar-refractivity contribution >= 4 is 6.09 Å². The predicted octanol–water partition coefficient (Wildman–Crippen LogP) is 2.06. The fourth-order valence-corrected chi connectivity index (χ4v) is 2.53. The molecule has 2 aliphatic rings. The molecule has 1 saturated heterocycles. The Hall–Kier alpha value is -0.810. The third-order valence-corrected chi connectivity index (χ3v) is 3.73. The summed E-state index contributed by atoms with van der Waals surface area (Å²) in [5, 5.41) is 6.58. The first kappa shape index (κ1) is 15.6.